The third-order valence-corrected chi connectivity index (χ3v) is 10.9. The van der Waals surface area contributed by atoms with Crippen molar-refractivity contribution in [1.29, 1.82) is 5.26 Å². The molecule has 4 aromatic rings. The average molecular weight is 712 g/mol. The van der Waals surface area contributed by atoms with Crippen LogP contribution in [0.5, 0.6) is 0 Å². The summed E-state index contributed by atoms with van der Waals surface area (Å²) in [4.78, 5) is 26.5. The van der Waals surface area contributed by atoms with Crippen molar-refractivity contribution in [2.75, 3.05) is 25.5 Å². The maximum Gasteiger partial charge on any atom is 0.417 e. The number of anilines is 1. The number of carbonyl (C=O) groups excluding carboxylic acids is 2. The van der Waals surface area contributed by atoms with Crippen molar-refractivity contribution in [1.82, 2.24) is 9.62 Å². The number of alkyl halides is 3. The van der Waals surface area contributed by atoms with Crippen molar-refractivity contribution >= 4 is 28.3 Å². The molecule has 0 spiro atoms. The van der Waals surface area contributed by atoms with Gasteiger partial charge >= 0.3 is 6.18 Å². The Bertz CT molecular complexity index is 1930. The molecule has 262 valence electrons. The second kappa shape index (κ2) is 14.6. The van der Waals surface area contributed by atoms with Crippen LogP contribution >= 0.6 is 10.8 Å². The van der Waals surface area contributed by atoms with E-state index in [-0.39, 0.29) is 48.8 Å². The lowest BCUT2D eigenvalue weighted by molar-refractivity contribution is -0.142. The molecule has 1 heterocycles. The lowest BCUT2D eigenvalue weighted by Crippen LogP contribution is -2.54. The van der Waals surface area contributed by atoms with Gasteiger partial charge in [-0.05, 0) is 101 Å². The summed E-state index contributed by atoms with van der Waals surface area (Å²) < 4.78 is 76.0. The summed E-state index contributed by atoms with van der Waals surface area (Å²) in [7, 11) is -1.76. The largest absolute Gasteiger partial charge is 0.417 e. The van der Waals surface area contributed by atoms with Crippen LogP contribution in [-0.4, -0.2) is 56.1 Å². The molecule has 2 atom stereocenters. The van der Waals surface area contributed by atoms with Crippen molar-refractivity contribution in [2.45, 2.75) is 35.9 Å². The van der Waals surface area contributed by atoms with Crippen LogP contribution in [0.4, 0.5) is 23.2 Å². The maximum absolute atomic E-state index is 14.0. The lowest BCUT2D eigenvalue weighted by Gasteiger charge is -2.45. The highest BCUT2D eigenvalue weighted by molar-refractivity contribution is 8.22. The fourth-order valence-corrected chi connectivity index (χ4v) is 7.68. The number of benzene rings is 4. The van der Waals surface area contributed by atoms with Gasteiger partial charge < -0.3 is 20.3 Å². The Morgan fingerprint density at radius 1 is 0.980 bits per heavy atom. The van der Waals surface area contributed by atoms with Crippen molar-refractivity contribution in [3.63, 3.8) is 0 Å². The molecular weight excluding hydrogens is 676 g/mol. The molecule has 2 unspecified atom stereocenters. The number of rotatable bonds is 9. The quantitative estimate of drug-likeness (QED) is 0.119. The maximum atomic E-state index is 14.0. The molecule has 1 fully saturated rings. The van der Waals surface area contributed by atoms with Gasteiger partial charge in [0, 0.05) is 37.8 Å². The first kappa shape index (κ1) is 36.5. The molecule has 0 bridgehead atoms. The number of aliphatic hydroxyl groups is 1. The SMILES string of the molecule is CNC(=O)c1cccc(-c2cccc(CC(O)(C(=O)Nc3ccc(C#N)c(C(F)(F)F)c3)C3CCN(S(O)([OH2+])c4ccc(F)cc4)CC3)c2)c1. The van der Waals surface area contributed by atoms with E-state index in [1.807, 2.05) is 0 Å². The highest BCUT2D eigenvalue weighted by atomic mass is 32.3. The summed E-state index contributed by atoms with van der Waals surface area (Å²) in [5, 5.41) is 26.5. The van der Waals surface area contributed by atoms with Gasteiger partial charge in [-0.1, -0.05) is 36.4 Å². The summed E-state index contributed by atoms with van der Waals surface area (Å²) in [6.07, 6.45) is -4.85. The first-order valence-electron chi connectivity index (χ1n) is 15.5. The number of piperidine rings is 1. The molecule has 0 aromatic heterocycles. The van der Waals surface area contributed by atoms with Gasteiger partial charge in [-0.3, -0.25) is 9.59 Å². The molecular formula is C36H35F4N4O5S+. The molecule has 50 heavy (non-hydrogen) atoms. The van der Waals surface area contributed by atoms with Gasteiger partial charge in [-0.15, -0.1) is 0 Å². The second-order valence-electron chi connectivity index (χ2n) is 12.0. The van der Waals surface area contributed by atoms with Crippen LogP contribution in [-0.2, 0) is 17.4 Å². The Kier molecular flexibility index (Phi) is 10.7. The highest BCUT2D eigenvalue weighted by Crippen LogP contribution is 2.53. The number of nitrogens with zero attached hydrogens (tertiary/aromatic N) is 2. The van der Waals surface area contributed by atoms with Gasteiger partial charge in [0.25, 0.3) is 11.8 Å². The molecule has 1 saturated heterocycles. The Hall–Kier alpha value is -4.78. The monoisotopic (exact) mass is 711 g/mol. The van der Waals surface area contributed by atoms with E-state index in [0.29, 0.717) is 28.3 Å². The topological polar surface area (TPSA) is 149 Å². The number of carbonyl (C=O) groups is 2. The lowest BCUT2D eigenvalue weighted by atomic mass is 9.76. The van der Waals surface area contributed by atoms with E-state index in [9.17, 15) is 42.1 Å². The number of nitrogens with one attached hydrogen (secondary N) is 2. The van der Waals surface area contributed by atoms with E-state index in [2.05, 4.69) is 10.6 Å². The number of hydrogen-bond donors (Lipinski definition) is 4. The fraction of sp³-hybridized carbons (Fsp3) is 0.250. The van der Waals surface area contributed by atoms with E-state index in [1.165, 1.54) is 29.6 Å². The van der Waals surface area contributed by atoms with E-state index in [4.69, 9.17) is 4.55 Å². The van der Waals surface area contributed by atoms with Crippen molar-refractivity contribution < 1.29 is 41.4 Å². The highest BCUT2D eigenvalue weighted by Gasteiger charge is 2.47. The van der Waals surface area contributed by atoms with Crippen molar-refractivity contribution in [3.8, 4) is 17.2 Å². The molecule has 14 heteroatoms. The molecule has 1 aliphatic rings. The molecule has 0 aliphatic carbocycles. The van der Waals surface area contributed by atoms with Crippen LogP contribution in [0.2, 0.25) is 0 Å². The summed E-state index contributed by atoms with van der Waals surface area (Å²) in [5.41, 5.74) is -1.96. The fourth-order valence-electron chi connectivity index (χ4n) is 6.13. The zero-order valence-electron chi connectivity index (χ0n) is 26.8. The first-order chi connectivity index (χ1) is 23.6. The van der Waals surface area contributed by atoms with Crippen LogP contribution in [0.3, 0.4) is 0 Å². The Morgan fingerprint density at radius 2 is 1.62 bits per heavy atom. The van der Waals surface area contributed by atoms with Gasteiger partial charge in [-0.2, -0.15) is 22.7 Å². The minimum absolute atomic E-state index is 0.0916. The molecule has 4 aromatic carbocycles. The van der Waals surface area contributed by atoms with Crippen LogP contribution in [0.25, 0.3) is 11.1 Å². The molecule has 6 N–H and O–H groups in total. The van der Waals surface area contributed by atoms with E-state index in [1.54, 1.807) is 48.5 Å². The summed E-state index contributed by atoms with van der Waals surface area (Å²) in [6, 6.07) is 23.0. The number of hydrogen-bond acceptors (Lipinski definition) is 6. The standard InChI is InChI=1S/C36H34F4N4O5S/c1-42-33(45)26-7-3-6-25(19-26)24-5-2-4-23(18-24)21-35(47,34(46)43-30-11-8-27(22-41)32(20-30)36(38,39)40)28-14-16-44(17-15-28)50(48,49)31-12-9-29(37)10-13-31/h2-13,18-20,28,47-49H,14-17,21H2,1H3,(H,42,45)(H,43,46)/p+1. The number of nitriles is 1. The minimum atomic E-state index is -4.87. The summed E-state index contributed by atoms with van der Waals surface area (Å²) in [5.74, 6) is -2.53. The molecule has 1 aliphatic heterocycles. The third-order valence-electron chi connectivity index (χ3n) is 8.83. The predicted octanol–water partition coefficient (Wildman–Crippen LogP) is 6.26. The number of amides is 2. The molecule has 5 rings (SSSR count). The van der Waals surface area contributed by atoms with Crippen molar-refractivity contribution in [3.05, 3.63) is 119 Å². The van der Waals surface area contributed by atoms with Crippen LogP contribution < -0.4 is 10.6 Å². The summed E-state index contributed by atoms with van der Waals surface area (Å²) >= 11 is 0. The normalized spacial score (nSPS) is 17.1. The van der Waals surface area contributed by atoms with Crippen LogP contribution in [0, 0.1) is 23.1 Å². The number of halogens is 4. The molecule has 0 radical (unpaired) electrons. The van der Waals surface area contributed by atoms with E-state index >= 15 is 0 Å². The Labute approximate surface area is 287 Å². The van der Waals surface area contributed by atoms with Crippen LogP contribution in [0.15, 0.2) is 95.9 Å². The minimum Gasteiger partial charge on any atom is -0.379 e. The zero-order valence-corrected chi connectivity index (χ0v) is 27.6. The van der Waals surface area contributed by atoms with E-state index < -0.39 is 51.3 Å². The smallest absolute Gasteiger partial charge is 0.379 e. The van der Waals surface area contributed by atoms with Crippen molar-refractivity contribution in [2.24, 2.45) is 5.92 Å². The average Bonchev–Trinajstić information content (AvgIpc) is 3.11. The first-order valence-corrected chi connectivity index (χ1v) is 17.1. The Balaban J connectivity index is 1.46. The Morgan fingerprint density at radius 3 is 2.24 bits per heavy atom. The van der Waals surface area contributed by atoms with Crippen LogP contribution in [0.1, 0.15) is 39.9 Å². The van der Waals surface area contributed by atoms with Gasteiger partial charge in [0.05, 0.1) is 17.2 Å². The summed E-state index contributed by atoms with van der Waals surface area (Å²) in [6.45, 7) is 0.183. The predicted molar refractivity (Wildman–Crippen MR) is 182 cm³/mol. The molecule has 9 nitrogen and oxygen atoms in total. The molecule has 0 saturated carbocycles. The zero-order chi connectivity index (χ0) is 36.3. The van der Waals surface area contributed by atoms with Gasteiger partial charge in [0.1, 0.15) is 16.3 Å². The molecule has 2 amide bonds. The van der Waals surface area contributed by atoms with E-state index in [0.717, 1.165) is 24.3 Å². The van der Waals surface area contributed by atoms with Gasteiger partial charge in [0.15, 0.2) is 0 Å². The third kappa shape index (κ3) is 7.83. The second-order valence-corrected chi connectivity index (χ2v) is 14.1. The van der Waals surface area contributed by atoms with Gasteiger partial charge in [0.2, 0.25) is 0 Å². The van der Waals surface area contributed by atoms with Gasteiger partial charge in [-0.25, -0.2) is 8.94 Å².